The van der Waals surface area contributed by atoms with E-state index in [0.29, 0.717) is 23.6 Å². The zero-order chi connectivity index (χ0) is 20.8. The number of nitrogens with one attached hydrogen (secondary N) is 1. The second-order valence-electron chi connectivity index (χ2n) is 7.53. The molecule has 0 unspecified atom stereocenters. The monoisotopic (exact) mass is 416 g/mol. The average molecular weight is 416 g/mol. The Morgan fingerprint density at radius 3 is 2.31 bits per heavy atom. The number of anilines is 2. The molecule has 1 saturated carbocycles. The Balaban J connectivity index is 1.62. The molecular formula is C21H24N2O5S. The minimum Gasteiger partial charge on any atom is -0.497 e. The summed E-state index contributed by atoms with van der Waals surface area (Å²) in [5.74, 6) is 1.24. The SMILES string of the molecule is COc1cc(NS(=O)(=O)c2ccc3c(c2)C[C@H](C)N3C(=O)C2CC2)cc(OC)c1. The summed E-state index contributed by atoms with van der Waals surface area (Å²) >= 11 is 0. The maximum atomic E-state index is 12.9. The van der Waals surface area contributed by atoms with Crippen LogP contribution in [0.1, 0.15) is 25.3 Å². The van der Waals surface area contributed by atoms with Gasteiger partial charge in [-0.1, -0.05) is 0 Å². The minimum absolute atomic E-state index is 0.0339. The third kappa shape index (κ3) is 3.76. The van der Waals surface area contributed by atoms with Crippen molar-refractivity contribution < 1.29 is 22.7 Å². The molecule has 1 N–H and O–H groups in total. The molecule has 1 amide bonds. The summed E-state index contributed by atoms with van der Waals surface area (Å²) < 4.78 is 38.9. The van der Waals surface area contributed by atoms with Gasteiger partial charge in [-0.05, 0) is 49.9 Å². The molecule has 1 fully saturated rings. The van der Waals surface area contributed by atoms with Crippen molar-refractivity contribution in [3.8, 4) is 11.5 Å². The minimum atomic E-state index is -3.81. The molecule has 154 valence electrons. The van der Waals surface area contributed by atoms with Crippen molar-refractivity contribution in [2.45, 2.75) is 37.1 Å². The lowest BCUT2D eigenvalue weighted by Crippen LogP contribution is -2.36. The maximum absolute atomic E-state index is 12.9. The van der Waals surface area contributed by atoms with Crippen LogP contribution in [0, 0.1) is 5.92 Å². The predicted octanol–water partition coefficient (Wildman–Crippen LogP) is 3.19. The fourth-order valence-electron chi connectivity index (χ4n) is 3.72. The lowest BCUT2D eigenvalue weighted by molar-refractivity contribution is -0.120. The lowest BCUT2D eigenvalue weighted by atomic mass is 10.1. The molecule has 29 heavy (non-hydrogen) atoms. The number of ether oxygens (including phenoxy) is 2. The van der Waals surface area contributed by atoms with E-state index in [9.17, 15) is 13.2 Å². The number of hydrogen-bond acceptors (Lipinski definition) is 5. The molecule has 0 saturated heterocycles. The maximum Gasteiger partial charge on any atom is 0.261 e. The summed E-state index contributed by atoms with van der Waals surface area (Å²) in [7, 11) is -0.802. The molecule has 4 rings (SSSR count). The van der Waals surface area contributed by atoms with Crippen molar-refractivity contribution in [3.63, 3.8) is 0 Å². The largest absolute Gasteiger partial charge is 0.497 e. The molecule has 1 aliphatic carbocycles. The Hall–Kier alpha value is -2.74. The number of sulfonamides is 1. The molecule has 1 heterocycles. The number of methoxy groups -OCH3 is 2. The van der Waals surface area contributed by atoms with Crippen LogP contribution in [0.2, 0.25) is 0 Å². The van der Waals surface area contributed by atoms with Crippen LogP contribution >= 0.6 is 0 Å². The molecule has 1 aliphatic heterocycles. The van der Waals surface area contributed by atoms with Gasteiger partial charge in [0, 0.05) is 35.8 Å². The van der Waals surface area contributed by atoms with Crippen molar-refractivity contribution in [1.82, 2.24) is 0 Å². The summed E-state index contributed by atoms with van der Waals surface area (Å²) in [6.45, 7) is 2.00. The fourth-order valence-corrected chi connectivity index (χ4v) is 4.81. The molecule has 0 bridgehead atoms. The highest BCUT2D eigenvalue weighted by molar-refractivity contribution is 7.92. The summed E-state index contributed by atoms with van der Waals surface area (Å²) in [6.07, 6.45) is 2.53. The number of amides is 1. The summed E-state index contributed by atoms with van der Waals surface area (Å²) in [4.78, 5) is 14.6. The summed E-state index contributed by atoms with van der Waals surface area (Å²) in [6, 6.07) is 9.82. The first-order chi connectivity index (χ1) is 13.8. The van der Waals surface area contributed by atoms with Crippen molar-refractivity contribution in [1.29, 1.82) is 0 Å². The van der Waals surface area contributed by atoms with Crippen LogP contribution < -0.4 is 19.1 Å². The third-order valence-electron chi connectivity index (χ3n) is 5.34. The van der Waals surface area contributed by atoms with Crippen LogP contribution in [-0.2, 0) is 21.2 Å². The van der Waals surface area contributed by atoms with E-state index in [4.69, 9.17) is 9.47 Å². The van der Waals surface area contributed by atoms with Crippen LogP contribution in [0.4, 0.5) is 11.4 Å². The quantitative estimate of drug-likeness (QED) is 0.782. The Morgan fingerprint density at radius 1 is 1.07 bits per heavy atom. The first kappa shape index (κ1) is 19.6. The van der Waals surface area contributed by atoms with Gasteiger partial charge in [-0.25, -0.2) is 8.42 Å². The number of fused-ring (bicyclic) bond motifs is 1. The van der Waals surface area contributed by atoms with Gasteiger partial charge in [0.2, 0.25) is 5.91 Å². The van der Waals surface area contributed by atoms with Crippen molar-refractivity contribution in [3.05, 3.63) is 42.0 Å². The smallest absolute Gasteiger partial charge is 0.261 e. The first-order valence-electron chi connectivity index (χ1n) is 9.54. The number of benzene rings is 2. The zero-order valence-corrected chi connectivity index (χ0v) is 17.5. The first-order valence-corrected chi connectivity index (χ1v) is 11.0. The van der Waals surface area contributed by atoms with E-state index in [1.54, 1.807) is 36.4 Å². The van der Waals surface area contributed by atoms with Gasteiger partial charge in [0.1, 0.15) is 11.5 Å². The number of hydrogen-bond donors (Lipinski definition) is 1. The molecule has 2 aromatic carbocycles. The molecule has 7 nitrogen and oxygen atoms in total. The normalized spacial score (nSPS) is 18.3. The van der Waals surface area contributed by atoms with Gasteiger partial charge in [0.25, 0.3) is 10.0 Å². The zero-order valence-electron chi connectivity index (χ0n) is 16.6. The summed E-state index contributed by atoms with van der Waals surface area (Å²) in [5.41, 5.74) is 2.04. The fraction of sp³-hybridized carbons (Fsp3) is 0.381. The predicted molar refractivity (Wildman–Crippen MR) is 110 cm³/mol. The van der Waals surface area contributed by atoms with Crippen molar-refractivity contribution >= 4 is 27.3 Å². The second-order valence-corrected chi connectivity index (χ2v) is 9.22. The number of rotatable bonds is 6. The molecule has 2 aromatic rings. The van der Waals surface area contributed by atoms with Gasteiger partial charge < -0.3 is 14.4 Å². The molecule has 1 atom stereocenters. The molecule has 0 radical (unpaired) electrons. The highest BCUT2D eigenvalue weighted by atomic mass is 32.2. The standard InChI is InChI=1S/C21H24N2O5S/c1-13-8-15-9-19(6-7-20(15)23(13)21(24)14-4-5-14)29(25,26)22-16-10-17(27-2)12-18(11-16)28-3/h6-7,9-14,22H,4-5,8H2,1-3H3/t13-/m0/s1. The van der Waals surface area contributed by atoms with Crippen molar-refractivity contribution in [2.75, 3.05) is 23.8 Å². The van der Waals surface area contributed by atoms with Gasteiger partial charge in [0.15, 0.2) is 0 Å². The average Bonchev–Trinajstić information content (AvgIpc) is 3.48. The molecule has 0 spiro atoms. The van der Waals surface area contributed by atoms with E-state index in [1.165, 1.54) is 14.2 Å². The van der Waals surface area contributed by atoms with E-state index < -0.39 is 10.0 Å². The van der Waals surface area contributed by atoms with Gasteiger partial charge in [-0.15, -0.1) is 0 Å². The van der Waals surface area contributed by atoms with E-state index in [-0.39, 0.29) is 22.8 Å². The van der Waals surface area contributed by atoms with Gasteiger partial charge in [0.05, 0.1) is 24.8 Å². The summed E-state index contributed by atoms with van der Waals surface area (Å²) in [5, 5.41) is 0. The number of carbonyl (C=O) groups excluding carboxylic acids is 1. The van der Waals surface area contributed by atoms with E-state index in [1.807, 2.05) is 11.8 Å². The van der Waals surface area contributed by atoms with Gasteiger partial charge in [-0.3, -0.25) is 9.52 Å². The molecule has 8 heteroatoms. The van der Waals surface area contributed by atoms with Crippen LogP contribution in [-0.4, -0.2) is 34.6 Å². The van der Waals surface area contributed by atoms with Gasteiger partial charge in [-0.2, -0.15) is 0 Å². The van der Waals surface area contributed by atoms with Crippen LogP contribution in [0.25, 0.3) is 0 Å². The Morgan fingerprint density at radius 2 is 1.72 bits per heavy atom. The van der Waals surface area contributed by atoms with Gasteiger partial charge >= 0.3 is 0 Å². The topological polar surface area (TPSA) is 84.9 Å². The number of carbonyl (C=O) groups is 1. The lowest BCUT2D eigenvalue weighted by Gasteiger charge is -2.22. The Kier molecular flexibility index (Phi) is 4.90. The van der Waals surface area contributed by atoms with E-state index in [0.717, 1.165) is 24.1 Å². The van der Waals surface area contributed by atoms with Crippen LogP contribution in [0.5, 0.6) is 11.5 Å². The van der Waals surface area contributed by atoms with E-state index in [2.05, 4.69) is 4.72 Å². The highest BCUT2D eigenvalue weighted by Crippen LogP contribution is 2.39. The Bertz CT molecular complexity index is 1040. The Labute approximate surface area is 170 Å². The molecule has 0 aromatic heterocycles. The number of nitrogens with zero attached hydrogens (tertiary/aromatic N) is 1. The van der Waals surface area contributed by atoms with Crippen LogP contribution in [0.3, 0.4) is 0 Å². The molecule has 2 aliphatic rings. The third-order valence-corrected chi connectivity index (χ3v) is 6.72. The highest BCUT2D eigenvalue weighted by Gasteiger charge is 2.39. The molecular weight excluding hydrogens is 392 g/mol. The second kappa shape index (κ2) is 7.26. The van der Waals surface area contributed by atoms with Crippen molar-refractivity contribution in [2.24, 2.45) is 5.92 Å². The van der Waals surface area contributed by atoms with Crippen LogP contribution in [0.15, 0.2) is 41.3 Å². The van der Waals surface area contributed by atoms with E-state index >= 15 is 0 Å².